The molecule has 0 bridgehead atoms. The fourth-order valence-corrected chi connectivity index (χ4v) is 4.68. The molecule has 2 aliphatic rings. The maximum absolute atomic E-state index is 12.9. The monoisotopic (exact) mass is 463 g/mol. The van der Waals surface area contributed by atoms with Crippen LogP contribution in [0.4, 0.5) is 10.5 Å². The first-order chi connectivity index (χ1) is 16.2. The topological polar surface area (TPSA) is 79.0 Å². The van der Waals surface area contributed by atoms with Gasteiger partial charge >= 0.3 is 17.9 Å². The molecule has 4 rings (SSSR count). The Hall–Kier alpha value is -3.35. The zero-order valence-electron chi connectivity index (χ0n) is 20.1. The summed E-state index contributed by atoms with van der Waals surface area (Å²) in [4.78, 5) is 41.8. The molecule has 2 heterocycles. The first-order valence-corrected chi connectivity index (χ1v) is 11.9. The molecular weight excluding hydrogens is 430 g/mol. The predicted octanol–water partition coefficient (Wildman–Crippen LogP) is 3.91. The number of para-hydroxylation sites is 1. The number of fused-ring (bicyclic) bond motifs is 1. The Morgan fingerprint density at radius 2 is 1.62 bits per heavy atom. The number of hydrogen-bond donors (Lipinski definition) is 1. The number of carbonyl (C=O) groups excluding carboxylic acids is 3. The van der Waals surface area contributed by atoms with Crippen LogP contribution in [0.3, 0.4) is 0 Å². The van der Waals surface area contributed by atoms with Crippen LogP contribution in [0.15, 0.2) is 54.6 Å². The summed E-state index contributed by atoms with van der Waals surface area (Å²) in [7, 11) is 0. The van der Waals surface area contributed by atoms with Gasteiger partial charge in [-0.2, -0.15) is 0 Å². The number of piperidine rings is 1. The lowest BCUT2D eigenvalue weighted by molar-refractivity contribution is -0.147. The smallest absolute Gasteiger partial charge is 0.416 e. The van der Waals surface area contributed by atoms with Crippen LogP contribution in [0.25, 0.3) is 0 Å². The first kappa shape index (κ1) is 23.8. The average Bonchev–Trinajstić information content (AvgIpc) is 3.16. The van der Waals surface area contributed by atoms with E-state index in [0.717, 1.165) is 24.8 Å². The third kappa shape index (κ3) is 5.58. The van der Waals surface area contributed by atoms with Gasteiger partial charge in [-0.25, -0.2) is 4.79 Å². The van der Waals surface area contributed by atoms with E-state index in [4.69, 9.17) is 4.74 Å². The van der Waals surface area contributed by atoms with E-state index in [9.17, 15) is 14.4 Å². The average molecular weight is 464 g/mol. The summed E-state index contributed by atoms with van der Waals surface area (Å²) < 4.78 is 5.57. The van der Waals surface area contributed by atoms with Crippen molar-refractivity contribution in [2.24, 2.45) is 5.92 Å². The van der Waals surface area contributed by atoms with Gasteiger partial charge in [0.2, 0.25) is 0 Å². The van der Waals surface area contributed by atoms with Crippen LogP contribution in [-0.2, 0) is 27.2 Å². The summed E-state index contributed by atoms with van der Waals surface area (Å²) in [6.07, 6.45) is 1.93. The summed E-state index contributed by atoms with van der Waals surface area (Å²) in [5.41, 5.74) is 2.24. The zero-order chi connectivity index (χ0) is 24.3. The van der Waals surface area contributed by atoms with E-state index in [1.54, 1.807) is 25.7 Å². The third-order valence-electron chi connectivity index (χ3n) is 6.33. The summed E-state index contributed by atoms with van der Waals surface area (Å²) >= 11 is 0. The van der Waals surface area contributed by atoms with E-state index >= 15 is 0 Å². The highest BCUT2D eigenvalue weighted by atomic mass is 16.6. The lowest BCUT2D eigenvalue weighted by Crippen LogP contribution is -2.55. The number of ether oxygens (including phenoxy) is 1. The predicted molar refractivity (Wildman–Crippen MR) is 130 cm³/mol. The summed E-state index contributed by atoms with van der Waals surface area (Å²) in [5.74, 6) is -0.729. The molecule has 0 saturated carbocycles. The Kier molecular flexibility index (Phi) is 6.91. The molecule has 0 aromatic heterocycles. The molecule has 1 unspecified atom stereocenters. The minimum Gasteiger partial charge on any atom is -0.443 e. The second-order valence-electron chi connectivity index (χ2n) is 10.1. The molecule has 0 aliphatic carbocycles. The van der Waals surface area contributed by atoms with Crippen molar-refractivity contribution in [2.45, 2.75) is 58.2 Å². The number of anilines is 1. The number of amides is 3. The Morgan fingerprint density at radius 3 is 2.29 bits per heavy atom. The summed E-state index contributed by atoms with van der Waals surface area (Å²) in [6, 6.07) is 17.8. The van der Waals surface area contributed by atoms with Gasteiger partial charge < -0.3 is 15.0 Å². The quantitative estimate of drug-likeness (QED) is 0.700. The van der Waals surface area contributed by atoms with Gasteiger partial charge in [-0.05, 0) is 63.1 Å². The number of carbonyl (C=O) groups is 3. The fraction of sp³-hybridized carbons (Fsp3) is 0.444. The molecule has 2 aromatic carbocycles. The highest BCUT2D eigenvalue weighted by Gasteiger charge is 2.39. The molecule has 1 atom stereocenters. The van der Waals surface area contributed by atoms with Crippen molar-refractivity contribution in [1.82, 2.24) is 10.2 Å². The molecule has 180 valence electrons. The normalized spacial score (nSPS) is 18.4. The number of likely N-dealkylation sites (tertiary alicyclic amines) is 1. The van der Waals surface area contributed by atoms with E-state index in [-0.39, 0.29) is 0 Å². The number of hydrogen-bond acceptors (Lipinski definition) is 4. The van der Waals surface area contributed by atoms with Crippen molar-refractivity contribution < 1.29 is 19.1 Å². The number of benzene rings is 2. The molecule has 1 N–H and O–H groups in total. The molecule has 2 aliphatic heterocycles. The van der Waals surface area contributed by atoms with Crippen LogP contribution >= 0.6 is 0 Å². The minimum atomic E-state index is -0.687. The van der Waals surface area contributed by atoms with Crippen molar-refractivity contribution in [1.29, 1.82) is 0 Å². The van der Waals surface area contributed by atoms with Gasteiger partial charge in [0, 0.05) is 19.5 Å². The maximum Gasteiger partial charge on any atom is 0.416 e. The Labute approximate surface area is 201 Å². The third-order valence-corrected chi connectivity index (χ3v) is 6.33. The Morgan fingerprint density at radius 1 is 0.971 bits per heavy atom. The van der Waals surface area contributed by atoms with Crippen LogP contribution in [0.2, 0.25) is 0 Å². The molecule has 3 amide bonds. The molecule has 1 fully saturated rings. The fourth-order valence-electron chi connectivity index (χ4n) is 4.68. The summed E-state index contributed by atoms with van der Waals surface area (Å²) in [5, 5.41) is 2.79. The molecule has 0 radical (unpaired) electrons. The molecule has 34 heavy (non-hydrogen) atoms. The lowest BCUT2D eigenvalue weighted by atomic mass is 9.90. The molecule has 7 heteroatoms. The van der Waals surface area contributed by atoms with Gasteiger partial charge in [0.15, 0.2) is 0 Å². The maximum atomic E-state index is 12.9. The largest absolute Gasteiger partial charge is 0.443 e. The van der Waals surface area contributed by atoms with Crippen molar-refractivity contribution in [3.05, 3.63) is 65.7 Å². The van der Waals surface area contributed by atoms with E-state index in [0.29, 0.717) is 31.1 Å². The lowest BCUT2D eigenvalue weighted by Gasteiger charge is -2.33. The van der Waals surface area contributed by atoms with Crippen molar-refractivity contribution in [3.8, 4) is 0 Å². The van der Waals surface area contributed by atoms with Gasteiger partial charge in [0.05, 0.1) is 5.69 Å². The van der Waals surface area contributed by atoms with Crippen molar-refractivity contribution >= 4 is 23.6 Å². The SMILES string of the molecule is CC(C)(C)OC(=O)N1c2ccccc2CC1NC(=O)C(=O)N1CCC(Cc2ccccc2)CC1. The summed E-state index contributed by atoms with van der Waals surface area (Å²) in [6.45, 7) is 6.51. The highest BCUT2D eigenvalue weighted by molar-refractivity contribution is 6.35. The molecular formula is C27H33N3O4. The zero-order valence-corrected chi connectivity index (χ0v) is 20.1. The van der Waals surface area contributed by atoms with Gasteiger partial charge in [-0.3, -0.25) is 14.5 Å². The van der Waals surface area contributed by atoms with Crippen LogP contribution in [0, 0.1) is 5.92 Å². The molecule has 0 spiro atoms. The van der Waals surface area contributed by atoms with Crippen LogP contribution in [0.1, 0.15) is 44.7 Å². The Bertz CT molecular complexity index is 1040. The Balaban J connectivity index is 1.36. The standard InChI is InChI=1S/C27H33N3O4/c1-27(2,3)34-26(33)30-22-12-8-7-11-21(22)18-23(30)28-24(31)25(32)29-15-13-20(14-16-29)17-19-9-5-4-6-10-19/h4-12,20,23H,13-18H2,1-3H3,(H,28,31). The van der Waals surface area contributed by atoms with Gasteiger partial charge in [0.1, 0.15) is 11.8 Å². The van der Waals surface area contributed by atoms with Crippen LogP contribution < -0.4 is 10.2 Å². The van der Waals surface area contributed by atoms with Gasteiger partial charge in [-0.1, -0.05) is 48.5 Å². The van der Waals surface area contributed by atoms with Crippen molar-refractivity contribution in [3.63, 3.8) is 0 Å². The second kappa shape index (κ2) is 9.87. The first-order valence-electron chi connectivity index (χ1n) is 11.9. The van der Waals surface area contributed by atoms with Gasteiger partial charge in [0.25, 0.3) is 0 Å². The number of nitrogens with zero attached hydrogens (tertiary/aromatic N) is 2. The molecule has 7 nitrogen and oxygen atoms in total. The van der Waals surface area contributed by atoms with Gasteiger partial charge in [-0.15, -0.1) is 0 Å². The molecule has 2 aromatic rings. The minimum absolute atomic E-state index is 0.424. The molecule has 1 saturated heterocycles. The van der Waals surface area contributed by atoms with E-state index < -0.39 is 29.7 Å². The van der Waals surface area contributed by atoms with Crippen molar-refractivity contribution in [2.75, 3.05) is 18.0 Å². The van der Waals surface area contributed by atoms with E-state index in [1.165, 1.54) is 10.5 Å². The van der Waals surface area contributed by atoms with Crippen LogP contribution in [-0.4, -0.2) is 47.7 Å². The highest BCUT2D eigenvalue weighted by Crippen LogP contribution is 2.32. The number of nitrogens with one attached hydrogen (secondary N) is 1. The number of rotatable bonds is 3. The van der Waals surface area contributed by atoms with Crippen LogP contribution in [0.5, 0.6) is 0 Å². The van der Waals surface area contributed by atoms with E-state index in [1.807, 2.05) is 42.5 Å². The second-order valence-corrected chi connectivity index (χ2v) is 10.1. The van der Waals surface area contributed by atoms with E-state index in [2.05, 4.69) is 17.4 Å².